The highest BCUT2D eigenvalue weighted by atomic mass is 32.2. The molecule has 8 heteroatoms. The van der Waals surface area contributed by atoms with E-state index in [0.717, 1.165) is 84.8 Å². The van der Waals surface area contributed by atoms with Crippen LogP contribution >= 0.6 is 11.8 Å². The normalized spacial score (nSPS) is 23.7. The molecule has 0 saturated heterocycles. The molecule has 1 saturated carbocycles. The van der Waals surface area contributed by atoms with Gasteiger partial charge in [0.05, 0.1) is 23.5 Å². The van der Waals surface area contributed by atoms with Gasteiger partial charge in [-0.3, -0.25) is 0 Å². The van der Waals surface area contributed by atoms with E-state index in [9.17, 15) is 10.2 Å². The van der Waals surface area contributed by atoms with Gasteiger partial charge in [-0.2, -0.15) is 11.8 Å². The number of nitrogens with zero attached hydrogens (tertiary/aromatic N) is 1. The van der Waals surface area contributed by atoms with Crippen molar-refractivity contribution < 1.29 is 29.3 Å². The van der Waals surface area contributed by atoms with Gasteiger partial charge >= 0.3 is 0 Å². The first kappa shape index (κ1) is 48.3. The van der Waals surface area contributed by atoms with Crippen LogP contribution in [-0.4, -0.2) is 59.6 Å². The van der Waals surface area contributed by atoms with E-state index in [1.165, 1.54) is 94.6 Å². The molecule has 2 aliphatic carbocycles. The fourth-order valence-corrected chi connectivity index (χ4v) is 11.5. The number of hydrogen-bond donors (Lipinski definition) is 2. The quantitative estimate of drug-likeness (QED) is 0.0460. The summed E-state index contributed by atoms with van der Waals surface area (Å²) in [7, 11) is 1.65. The lowest BCUT2D eigenvalue weighted by atomic mass is 9.56. The Balaban J connectivity index is 1.40. The molecule has 0 aromatic heterocycles. The van der Waals surface area contributed by atoms with Crippen LogP contribution in [-0.2, 0) is 9.57 Å². The van der Waals surface area contributed by atoms with Crippen LogP contribution < -0.4 is 9.47 Å². The molecule has 0 bridgehead atoms. The maximum Gasteiger partial charge on any atom is 0.230 e. The van der Waals surface area contributed by atoms with Crippen LogP contribution in [0.2, 0.25) is 0 Å². The third kappa shape index (κ3) is 13.1. The highest BCUT2D eigenvalue weighted by Gasteiger charge is 2.63. The number of fused-ring (bicyclic) bond motifs is 2. The van der Waals surface area contributed by atoms with Gasteiger partial charge in [-0.05, 0) is 111 Å². The van der Waals surface area contributed by atoms with Gasteiger partial charge < -0.3 is 29.3 Å². The number of unbranched alkanes of at least 4 members (excludes halogenated alkanes) is 15. The number of aliphatic hydroxyl groups excluding tert-OH is 2. The van der Waals surface area contributed by atoms with E-state index in [-0.39, 0.29) is 42.1 Å². The van der Waals surface area contributed by atoms with Crippen LogP contribution in [0.1, 0.15) is 164 Å². The molecular weight excluding hydrogens is 767 g/mol. The Morgan fingerprint density at radius 3 is 2.07 bits per heavy atom. The second-order valence-electron chi connectivity index (χ2n) is 17.7. The Morgan fingerprint density at radius 2 is 1.43 bits per heavy atom. The summed E-state index contributed by atoms with van der Waals surface area (Å²) in [5, 5.41) is 24.5. The average molecular weight is 846 g/mol. The first-order valence-corrected chi connectivity index (χ1v) is 24.9. The summed E-state index contributed by atoms with van der Waals surface area (Å²) >= 11 is 1.97. The molecule has 1 fully saturated rings. The Hall–Kier alpha value is -2.78. The van der Waals surface area contributed by atoms with Gasteiger partial charge in [0.2, 0.25) is 5.79 Å². The molecule has 2 aromatic rings. The molecule has 6 atom stereocenters. The summed E-state index contributed by atoms with van der Waals surface area (Å²) in [5.41, 5.74) is 5.72. The lowest BCUT2D eigenvalue weighted by molar-refractivity contribution is -0.223. The first-order valence-electron chi connectivity index (χ1n) is 23.9. The summed E-state index contributed by atoms with van der Waals surface area (Å²) in [4.78, 5) is 5.62. The summed E-state index contributed by atoms with van der Waals surface area (Å²) in [6.07, 6.45) is 29.2. The summed E-state index contributed by atoms with van der Waals surface area (Å²) in [6, 6.07) is 12.6. The van der Waals surface area contributed by atoms with Crippen LogP contribution in [0, 0.1) is 31.6 Å². The van der Waals surface area contributed by atoms with Crippen molar-refractivity contribution in [2.75, 3.05) is 32.7 Å². The van der Waals surface area contributed by atoms with Crippen LogP contribution in [0.15, 0.2) is 65.9 Å². The second kappa shape index (κ2) is 26.0. The highest BCUT2D eigenvalue weighted by molar-refractivity contribution is 8.00. The number of ether oxygens (including phenoxy) is 3. The van der Waals surface area contributed by atoms with Crippen molar-refractivity contribution in [3.63, 3.8) is 0 Å². The zero-order valence-electron chi connectivity index (χ0n) is 37.8. The largest absolute Gasteiger partial charge is 0.460 e. The van der Waals surface area contributed by atoms with Gasteiger partial charge in [0.25, 0.3) is 0 Å². The number of hydrogen-bond acceptors (Lipinski definition) is 8. The topological polar surface area (TPSA) is 89.7 Å². The minimum Gasteiger partial charge on any atom is -0.460 e. The third-order valence-electron chi connectivity index (χ3n) is 13.4. The van der Waals surface area contributed by atoms with Gasteiger partial charge in [0, 0.05) is 31.1 Å². The minimum absolute atomic E-state index is 0.0124. The standard InChI is InChI=1S/C52H79NO6S/c1-6-8-9-10-11-12-13-14-15-16-17-18-19-24-34-60-49-38-47(53-56-5)45-36-41(25-20-22-31-54)44(26-21-23-32-55)50-46-37-43(58-42-28-27-39(3)40(4)35-42)29-30-48(46)59-52(49,51(45)50)57-33-7-2/h7,27-30,35-37,41,44,49-51,54-55H,2,6,8-26,31-34,38H2,1,3-5H3/t41-,44+,49-,50+,51+,52+/m0/s1. The van der Waals surface area contributed by atoms with Gasteiger partial charge in [-0.25, -0.2) is 0 Å². The number of benzene rings is 2. The first-order chi connectivity index (χ1) is 29.4. The Kier molecular flexibility index (Phi) is 20.9. The van der Waals surface area contributed by atoms with Gasteiger partial charge in [0.1, 0.15) is 24.4 Å². The lowest BCUT2D eigenvalue weighted by Crippen LogP contribution is -2.64. The van der Waals surface area contributed by atoms with Gasteiger partial charge in [0.15, 0.2) is 0 Å². The predicted molar refractivity (Wildman–Crippen MR) is 251 cm³/mol. The molecular formula is C52H79NO6S. The molecule has 5 rings (SSSR count). The monoisotopic (exact) mass is 846 g/mol. The Bertz CT molecular complexity index is 1640. The van der Waals surface area contributed by atoms with E-state index in [0.29, 0.717) is 13.0 Å². The SMILES string of the molecule is C=CCO[C@@]12Oc3ccc(Oc4ccc(C)c(C)c4)cc3[C@H]3[C@H](CCCCO)[C@@H](CCCCO)C=C(C(=NOC)C[C@@H]1SCCCCCCCCCCCCCCCC)[C@H]32. The molecule has 0 radical (unpaired) electrons. The van der Waals surface area contributed by atoms with E-state index in [4.69, 9.17) is 24.2 Å². The zero-order chi connectivity index (χ0) is 42.6. The van der Waals surface area contributed by atoms with E-state index >= 15 is 0 Å². The van der Waals surface area contributed by atoms with Crippen LogP contribution in [0.3, 0.4) is 0 Å². The molecule has 3 aliphatic rings. The van der Waals surface area contributed by atoms with Gasteiger partial charge in [-0.15, -0.1) is 6.58 Å². The third-order valence-corrected chi connectivity index (χ3v) is 14.8. The van der Waals surface area contributed by atoms with Crippen molar-refractivity contribution in [1.29, 1.82) is 0 Å². The molecule has 2 N–H and O–H groups in total. The molecule has 0 unspecified atom stereocenters. The molecule has 0 spiro atoms. The molecule has 7 nitrogen and oxygen atoms in total. The van der Waals surface area contributed by atoms with Crippen molar-refractivity contribution in [3.8, 4) is 17.2 Å². The maximum atomic E-state index is 9.93. The minimum atomic E-state index is -0.938. The molecule has 1 aliphatic heterocycles. The number of rotatable bonds is 30. The summed E-state index contributed by atoms with van der Waals surface area (Å²) in [6.45, 7) is 11.4. The predicted octanol–water partition coefficient (Wildman–Crippen LogP) is 13.6. The highest BCUT2D eigenvalue weighted by Crippen LogP contribution is 2.62. The van der Waals surface area contributed by atoms with Crippen molar-refractivity contribution >= 4 is 17.5 Å². The zero-order valence-corrected chi connectivity index (χ0v) is 38.6. The van der Waals surface area contributed by atoms with Gasteiger partial charge in [-0.1, -0.05) is 127 Å². The smallest absolute Gasteiger partial charge is 0.230 e. The number of oxime groups is 1. The second-order valence-corrected chi connectivity index (χ2v) is 19.1. The van der Waals surface area contributed by atoms with Crippen LogP contribution in [0.4, 0.5) is 0 Å². The van der Waals surface area contributed by atoms with Crippen molar-refractivity contribution in [1.82, 2.24) is 0 Å². The fraction of sp³-hybridized carbons (Fsp3) is 0.673. The molecule has 0 amide bonds. The van der Waals surface area contributed by atoms with Crippen molar-refractivity contribution in [2.24, 2.45) is 22.9 Å². The van der Waals surface area contributed by atoms with Crippen molar-refractivity contribution in [3.05, 3.63) is 77.4 Å². The average Bonchev–Trinajstić information content (AvgIpc) is 3.25. The Morgan fingerprint density at radius 1 is 0.800 bits per heavy atom. The van der Waals surface area contributed by atoms with E-state index in [1.54, 1.807) is 7.11 Å². The summed E-state index contributed by atoms with van der Waals surface area (Å²) < 4.78 is 21.0. The number of aryl methyl sites for hydroxylation is 2. The maximum absolute atomic E-state index is 9.93. The fourth-order valence-electron chi connectivity index (χ4n) is 10.1. The summed E-state index contributed by atoms with van der Waals surface area (Å²) in [5.74, 6) is 2.97. The number of thioether (sulfide) groups is 1. The number of aliphatic hydroxyl groups is 2. The van der Waals surface area contributed by atoms with Crippen LogP contribution in [0.5, 0.6) is 17.2 Å². The lowest BCUT2D eigenvalue weighted by Gasteiger charge is -2.58. The molecule has 60 heavy (non-hydrogen) atoms. The van der Waals surface area contributed by atoms with Crippen LogP contribution in [0.25, 0.3) is 0 Å². The van der Waals surface area contributed by atoms with E-state index in [2.05, 4.69) is 57.7 Å². The molecule has 334 valence electrons. The molecule has 1 heterocycles. The Labute approximate surface area is 368 Å². The van der Waals surface area contributed by atoms with Crippen molar-refractivity contribution in [2.45, 2.75) is 173 Å². The van der Waals surface area contributed by atoms with E-state index < -0.39 is 5.79 Å². The van der Waals surface area contributed by atoms with E-state index in [1.807, 2.05) is 30.0 Å². The molecule has 2 aromatic carbocycles. The number of allylic oxidation sites excluding steroid dienone is 1.